The first-order chi connectivity index (χ1) is 16.7. The highest BCUT2D eigenvalue weighted by molar-refractivity contribution is 7.91. The van der Waals surface area contributed by atoms with Crippen molar-refractivity contribution < 1.29 is 22.6 Å². The van der Waals surface area contributed by atoms with Crippen molar-refractivity contribution in [3.63, 3.8) is 0 Å². The molecule has 3 heterocycles. The summed E-state index contributed by atoms with van der Waals surface area (Å²) in [6, 6.07) is 7.21. The van der Waals surface area contributed by atoms with Crippen LogP contribution in [0.25, 0.3) is 11.4 Å². The van der Waals surface area contributed by atoms with Crippen LogP contribution < -0.4 is 4.74 Å². The molecule has 11 heteroatoms. The molecule has 35 heavy (non-hydrogen) atoms. The monoisotopic (exact) mass is 501 g/mol. The molecular formula is C24H31N5O5S. The van der Waals surface area contributed by atoms with Crippen LogP contribution in [0.1, 0.15) is 50.1 Å². The lowest BCUT2D eigenvalue weighted by atomic mass is 10.2. The fraction of sp³-hybridized carbons (Fsp3) is 0.500. The van der Waals surface area contributed by atoms with Crippen LogP contribution in [0.3, 0.4) is 0 Å². The topological polar surface area (TPSA) is 118 Å². The van der Waals surface area contributed by atoms with Gasteiger partial charge in [-0.25, -0.2) is 18.4 Å². The lowest BCUT2D eigenvalue weighted by molar-refractivity contribution is 0.00140. The summed E-state index contributed by atoms with van der Waals surface area (Å²) in [6.07, 6.45) is 2.27. The maximum atomic E-state index is 13.7. The molecule has 3 aromatic rings. The number of benzene rings is 1. The van der Waals surface area contributed by atoms with E-state index in [1.807, 2.05) is 49.6 Å². The highest BCUT2D eigenvalue weighted by Gasteiger charge is 2.37. The van der Waals surface area contributed by atoms with Crippen molar-refractivity contribution in [3.8, 4) is 17.1 Å². The molecule has 1 aromatic carbocycles. The Labute approximate surface area is 205 Å². The number of rotatable bonds is 9. The van der Waals surface area contributed by atoms with Crippen LogP contribution in [0.15, 0.2) is 36.7 Å². The number of aryl methyl sites for hydroxylation is 1. The Morgan fingerprint density at radius 3 is 2.54 bits per heavy atom. The first-order valence-electron chi connectivity index (χ1n) is 11.5. The molecule has 0 fully saturated rings. The van der Waals surface area contributed by atoms with Gasteiger partial charge in [-0.2, -0.15) is 0 Å². The third-order valence-corrected chi connectivity index (χ3v) is 7.89. The van der Waals surface area contributed by atoms with E-state index in [2.05, 4.69) is 20.2 Å². The van der Waals surface area contributed by atoms with Crippen molar-refractivity contribution in [2.24, 2.45) is 0 Å². The summed E-state index contributed by atoms with van der Waals surface area (Å²) in [6.45, 7) is 7.82. The van der Waals surface area contributed by atoms with E-state index in [1.165, 1.54) is 0 Å². The van der Waals surface area contributed by atoms with Gasteiger partial charge in [-0.05, 0) is 45.4 Å². The molecule has 0 saturated heterocycles. The van der Waals surface area contributed by atoms with Gasteiger partial charge in [0.25, 0.3) is 0 Å². The zero-order chi connectivity index (χ0) is 25.2. The standard InChI is InChI=1S/C24H31N5O5S/c1-15(2)34-22(23-25-10-16(3)11-26-23)17(4)35(30,31)14-21-27-28-24-19-8-6-7-9-20(19)33-13-18(12-32-5)29(21)24/h6-11,15,17-18,22H,12-14H2,1-5H3/t17-,18-,22+/m0/s1. The third-order valence-electron chi connectivity index (χ3n) is 5.85. The highest BCUT2D eigenvalue weighted by Crippen LogP contribution is 2.35. The summed E-state index contributed by atoms with van der Waals surface area (Å²) in [7, 11) is -2.16. The second-order valence-corrected chi connectivity index (χ2v) is 11.3. The number of hydrogen-bond acceptors (Lipinski definition) is 9. The van der Waals surface area contributed by atoms with Crippen molar-refractivity contribution >= 4 is 9.84 Å². The minimum absolute atomic E-state index is 0.216. The third kappa shape index (κ3) is 5.36. The van der Waals surface area contributed by atoms with Gasteiger partial charge < -0.3 is 18.8 Å². The number of sulfone groups is 1. The van der Waals surface area contributed by atoms with E-state index in [9.17, 15) is 8.42 Å². The molecule has 0 amide bonds. The first kappa shape index (κ1) is 25.2. The molecule has 0 bridgehead atoms. The van der Waals surface area contributed by atoms with E-state index in [4.69, 9.17) is 14.2 Å². The molecule has 188 valence electrons. The summed E-state index contributed by atoms with van der Waals surface area (Å²) >= 11 is 0. The molecule has 10 nitrogen and oxygen atoms in total. The van der Waals surface area contributed by atoms with Gasteiger partial charge in [-0.1, -0.05) is 12.1 Å². The average Bonchev–Trinajstić information content (AvgIpc) is 3.15. The van der Waals surface area contributed by atoms with Crippen molar-refractivity contribution in [1.29, 1.82) is 0 Å². The second-order valence-electron chi connectivity index (χ2n) is 8.96. The van der Waals surface area contributed by atoms with Gasteiger partial charge in [-0.15, -0.1) is 10.2 Å². The largest absolute Gasteiger partial charge is 0.491 e. The molecule has 0 radical (unpaired) electrons. The fourth-order valence-electron chi connectivity index (χ4n) is 4.07. The smallest absolute Gasteiger partial charge is 0.168 e. The van der Waals surface area contributed by atoms with Gasteiger partial charge >= 0.3 is 0 Å². The molecule has 0 aliphatic carbocycles. The minimum atomic E-state index is -3.76. The number of aromatic nitrogens is 5. The van der Waals surface area contributed by atoms with E-state index in [1.54, 1.807) is 26.4 Å². The van der Waals surface area contributed by atoms with Gasteiger partial charge in [-0.3, -0.25) is 0 Å². The molecular weight excluding hydrogens is 470 g/mol. The predicted molar refractivity (Wildman–Crippen MR) is 130 cm³/mol. The van der Waals surface area contributed by atoms with E-state index < -0.39 is 21.2 Å². The molecule has 0 spiro atoms. The maximum absolute atomic E-state index is 13.7. The number of ether oxygens (including phenoxy) is 3. The van der Waals surface area contributed by atoms with Gasteiger partial charge in [0.2, 0.25) is 0 Å². The summed E-state index contributed by atoms with van der Waals surface area (Å²) in [5, 5.41) is 7.73. The summed E-state index contributed by atoms with van der Waals surface area (Å²) in [4.78, 5) is 8.68. The average molecular weight is 502 g/mol. The van der Waals surface area contributed by atoms with Gasteiger partial charge in [0.15, 0.2) is 21.5 Å². The van der Waals surface area contributed by atoms with Gasteiger partial charge in [0.1, 0.15) is 30.0 Å². The Morgan fingerprint density at radius 1 is 1.14 bits per heavy atom. The van der Waals surface area contributed by atoms with Gasteiger partial charge in [0, 0.05) is 19.5 Å². The normalized spacial score (nSPS) is 17.3. The van der Waals surface area contributed by atoms with Crippen LogP contribution in [-0.4, -0.2) is 64.8 Å². The van der Waals surface area contributed by atoms with E-state index >= 15 is 0 Å². The molecule has 3 atom stereocenters. The van der Waals surface area contributed by atoms with Crippen LogP contribution >= 0.6 is 0 Å². The van der Waals surface area contributed by atoms with Crippen molar-refractivity contribution in [1.82, 2.24) is 24.7 Å². The Hall–Kier alpha value is -2.89. The molecule has 0 saturated carbocycles. The molecule has 4 rings (SSSR count). The minimum Gasteiger partial charge on any atom is -0.491 e. The summed E-state index contributed by atoms with van der Waals surface area (Å²) < 4.78 is 46.5. The number of nitrogens with zero attached hydrogens (tertiary/aromatic N) is 5. The lowest BCUT2D eigenvalue weighted by Gasteiger charge is -2.25. The fourth-order valence-corrected chi connectivity index (χ4v) is 5.45. The quantitative estimate of drug-likeness (QED) is 0.436. The van der Waals surface area contributed by atoms with E-state index in [-0.39, 0.29) is 17.9 Å². The number of methoxy groups -OCH3 is 1. The first-order valence-corrected chi connectivity index (χ1v) is 13.2. The Bertz CT molecular complexity index is 1260. The van der Waals surface area contributed by atoms with Crippen molar-refractivity contribution in [3.05, 3.63) is 53.9 Å². The highest BCUT2D eigenvalue weighted by atomic mass is 32.2. The molecule has 0 N–H and O–H groups in total. The number of hydrogen-bond donors (Lipinski definition) is 0. The van der Waals surface area contributed by atoms with Crippen molar-refractivity contribution in [2.45, 2.75) is 56.9 Å². The van der Waals surface area contributed by atoms with E-state index in [0.717, 1.165) is 11.1 Å². The SMILES string of the molecule is COC[C@H]1COc2ccccc2-c2nnc(CS(=O)(=O)[C@@H](C)[C@@H](OC(C)C)c3ncc(C)cn3)n21. The van der Waals surface area contributed by atoms with Crippen LogP contribution in [0.2, 0.25) is 0 Å². The molecule has 1 aliphatic rings. The second kappa shape index (κ2) is 10.4. The number of para-hydroxylation sites is 1. The Morgan fingerprint density at radius 2 is 1.86 bits per heavy atom. The zero-order valence-corrected chi connectivity index (χ0v) is 21.4. The van der Waals surface area contributed by atoms with Crippen LogP contribution in [0.5, 0.6) is 5.75 Å². The van der Waals surface area contributed by atoms with Crippen LogP contribution in [0.4, 0.5) is 0 Å². The summed E-state index contributed by atoms with van der Waals surface area (Å²) in [5.41, 5.74) is 1.63. The predicted octanol–water partition coefficient (Wildman–Crippen LogP) is 3.09. The summed E-state index contributed by atoms with van der Waals surface area (Å²) in [5.74, 6) is 1.55. The Kier molecular flexibility index (Phi) is 7.48. The molecule has 1 aliphatic heterocycles. The van der Waals surface area contributed by atoms with Crippen molar-refractivity contribution in [2.75, 3.05) is 20.3 Å². The Balaban J connectivity index is 1.70. The zero-order valence-electron chi connectivity index (χ0n) is 20.6. The van der Waals surface area contributed by atoms with E-state index in [0.29, 0.717) is 36.4 Å². The molecule has 0 unspecified atom stereocenters. The lowest BCUT2D eigenvalue weighted by Crippen LogP contribution is -2.32. The van der Waals surface area contributed by atoms with Crippen LogP contribution in [-0.2, 0) is 25.1 Å². The van der Waals surface area contributed by atoms with Gasteiger partial charge in [0.05, 0.1) is 29.6 Å². The maximum Gasteiger partial charge on any atom is 0.168 e. The molecule has 2 aromatic heterocycles. The number of fused-ring (bicyclic) bond motifs is 3. The van der Waals surface area contributed by atoms with Crippen LogP contribution in [0, 0.1) is 6.92 Å².